The quantitative estimate of drug-likeness (QED) is 0.541. The molecular weight excluding hydrogens is 256 g/mol. The third-order valence-corrected chi connectivity index (χ3v) is 5.50. The minimum absolute atomic E-state index is 0.415. The zero-order valence-corrected chi connectivity index (χ0v) is 15.2. The fourth-order valence-electron chi connectivity index (χ4n) is 4.10. The van der Waals surface area contributed by atoms with Gasteiger partial charge in [-0.15, -0.1) is 0 Å². The summed E-state index contributed by atoms with van der Waals surface area (Å²) in [5, 5.41) is 3.91. The first-order valence-electron chi connectivity index (χ1n) is 9.58. The zero-order valence-electron chi connectivity index (χ0n) is 15.2. The Kier molecular flexibility index (Phi) is 9.59. The summed E-state index contributed by atoms with van der Waals surface area (Å²) in [5.74, 6) is 0. The minimum Gasteiger partial charge on any atom is -0.312 e. The predicted molar refractivity (Wildman–Crippen MR) is 95.0 cm³/mol. The minimum atomic E-state index is 0.415. The molecule has 0 saturated heterocycles. The van der Waals surface area contributed by atoms with E-state index < -0.39 is 0 Å². The van der Waals surface area contributed by atoms with Gasteiger partial charge in [-0.05, 0) is 46.3 Å². The van der Waals surface area contributed by atoms with Gasteiger partial charge < -0.3 is 10.2 Å². The average molecular weight is 297 g/mol. The van der Waals surface area contributed by atoms with E-state index in [1.165, 1.54) is 83.6 Å². The Balaban J connectivity index is 2.59. The highest BCUT2D eigenvalue weighted by atomic mass is 15.2. The third-order valence-electron chi connectivity index (χ3n) is 5.50. The molecule has 0 heterocycles. The lowest BCUT2D eigenvalue weighted by molar-refractivity contribution is 0.0524. The molecule has 126 valence electrons. The molecule has 2 nitrogen and oxygen atoms in total. The Labute approximate surface area is 134 Å². The van der Waals surface area contributed by atoms with Crippen LogP contribution in [0.5, 0.6) is 0 Å². The molecule has 0 amide bonds. The topological polar surface area (TPSA) is 15.3 Å². The SMILES string of the molecule is CCCCCCCC(NCCC)C1(N(C)C)CCCCC1. The maximum Gasteiger partial charge on any atom is 0.0356 e. The number of unbranched alkanes of at least 4 members (excludes halogenated alkanes) is 4. The lowest BCUT2D eigenvalue weighted by atomic mass is 9.73. The second-order valence-electron chi connectivity index (χ2n) is 7.27. The van der Waals surface area contributed by atoms with Crippen LogP contribution in [0.25, 0.3) is 0 Å². The molecule has 1 aliphatic carbocycles. The van der Waals surface area contributed by atoms with Crippen LogP contribution >= 0.6 is 0 Å². The van der Waals surface area contributed by atoms with Crippen molar-refractivity contribution in [1.29, 1.82) is 0 Å². The van der Waals surface area contributed by atoms with Crippen molar-refractivity contribution in [2.45, 2.75) is 102 Å². The van der Waals surface area contributed by atoms with Crippen LogP contribution in [-0.4, -0.2) is 37.1 Å². The van der Waals surface area contributed by atoms with E-state index in [-0.39, 0.29) is 0 Å². The fourth-order valence-corrected chi connectivity index (χ4v) is 4.10. The average Bonchev–Trinajstić information content (AvgIpc) is 2.50. The van der Waals surface area contributed by atoms with Crippen molar-refractivity contribution in [1.82, 2.24) is 10.2 Å². The van der Waals surface area contributed by atoms with E-state index in [0.29, 0.717) is 11.6 Å². The Morgan fingerprint density at radius 1 is 0.905 bits per heavy atom. The molecule has 0 aliphatic heterocycles. The maximum atomic E-state index is 3.91. The molecule has 0 bridgehead atoms. The molecule has 1 atom stereocenters. The van der Waals surface area contributed by atoms with E-state index in [1.807, 2.05) is 0 Å². The van der Waals surface area contributed by atoms with Gasteiger partial charge in [0.25, 0.3) is 0 Å². The largest absolute Gasteiger partial charge is 0.312 e. The first kappa shape index (κ1) is 19.0. The van der Waals surface area contributed by atoms with E-state index in [0.717, 1.165) is 0 Å². The molecule has 1 N–H and O–H groups in total. The number of rotatable bonds is 11. The molecule has 1 unspecified atom stereocenters. The summed E-state index contributed by atoms with van der Waals surface area (Å²) < 4.78 is 0. The van der Waals surface area contributed by atoms with E-state index in [2.05, 4.69) is 38.2 Å². The second kappa shape index (κ2) is 10.6. The molecular formula is C19H40N2. The molecule has 0 aromatic heterocycles. The van der Waals surface area contributed by atoms with Crippen molar-refractivity contribution in [3.63, 3.8) is 0 Å². The van der Waals surface area contributed by atoms with Crippen molar-refractivity contribution >= 4 is 0 Å². The molecule has 1 saturated carbocycles. The Morgan fingerprint density at radius 3 is 2.14 bits per heavy atom. The van der Waals surface area contributed by atoms with Gasteiger partial charge in [0, 0.05) is 11.6 Å². The fraction of sp³-hybridized carbons (Fsp3) is 1.00. The highest BCUT2D eigenvalue weighted by Gasteiger charge is 2.40. The number of likely N-dealkylation sites (N-methyl/N-ethyl adjacent to an activating group) is 1. The normalized spacial score (nSPS) is 19.9. The van der Waals surface area contributed by atoms with Crippen LogP contribution in [0, 0.1) is 0 Å². The highest BCUT2D eigenvalue weighted by molar-refractivity contribution is 5.00. The van der Waals surface area contributed by atoms with E-state index in [1.54, 1.807) is 0 Å². The molecule has 0 spiro atoms. The second-order valence-corrected chi connectivity index (χ2v) is 7.27. The Hall–Kier alpha value is -0.0800. The third kappa shape index (κ3) is 5.90. The zero-order chi connectivity index (χ0) is 15.6. The van der Waals surface area contributed by atoms with Gasteiger partial charge in [0.05, 0.1) is 0 Å². The molecule has 2 heteroatoms. The van der Waals surface area contributed by atoms with Crippen LogP contribution in [0.3, 0.4) is 0 Å². The molecule has 1 rings (SSSR count). The van der Waals surface area contributed by atoms with E-state index in [9.17, 15) is 0 Å². The monoisotopic (exact) mass is 296 g/mol. The summed E-state index contributed by atoms with van der Waals surface area (Å²) in [7, 11) is 4.62. The number of hydrogen-bond acceptors (Lipinski definition) is 2. The number of nitrogens with one attached hydrogen (secondary N) is 1. The lowest BCUT2D eigenvalue weighted by Crippen LogP contribution is -2.60. The van der Waals surface area contributed by atoms with Crippen LogP contribution in [0.15, 0.2) is 0 Å². The van der Waals surface area contributed by atoms with Crippen LogP contribution in [0.2, 0.25) is 0 Å². The van der Waals surface area contributed by atoms with Crippen molar-refractivity contribution in [3.8, 4) is 0 Å². The first-order chi connectivity index (χ1) is 10.2. The standard InChI is InChI=1S/C19H40N2/c1-5-7-8-9-11-14-18(20-17-6-2)19(21(3)4)15-12-10-13-16-19/h18,20H,5-17H2,1-4H3. The highest BCUT2D eigenvalue weighted by Crippen LogP contribution is 2.37. The van der Waals surface area contributed by atoms with Gasteiger partial charge in [0.1, 0.15) is 0 Å². The van der Waals surface area contributed by atoms with Crippen LogP contribution in [0.4, 0.5) is 0 Å². The number of nitrogens with zero attached hydrogens (tertiary/aromatic N) is 1. The number of hydrogen-bond donors (Lipinski definition) is 1. The summed E-state index contributed by atoms with van der Waals surface area (Å²) in [6, 6.07) is 0.689. The maximum absolute atomic E-state index is 3.91. The van der Waals surface area contributed by atoms with E-state index in [4.69, 9.17) is 0 Å². The summed E-state index contributed by atoms with van der Waals surface area (Å²) in [6.07, 6.45) is 16.6. The van der Waals surface area contributed by atoms with Gasteiger partial charge in [0.2, 0.25) is 0 Å². The molecule has 1 fully saturated rings. The van der Waals surface area contributed by atoms with Gasteiger partial charge >= 0.3 is 0 Å². The summed E-state index contributed by atoms with van der Waals surface area (Å²) in [4.78, 5) is 2.55. The smallest absolute Gasteiger partial charge is 0.0356 e. The summed E-state index contributed by atoms with van der Waals surface area (Å²) in [5.41, 5.74) is 0.415. The van der Waals surface area contributed by atoms with Gasteiger partial charge in [-0.1, -0.05) is 65.2 Å². The molecule has 0 aromatic carbocycles. The van der Waals surface area contributed by atoms with Gasteiger partial charge in [-0.2, -0.15) is 0 Å². The summed E-state index contributed by atoms with van der Waals surface area (Å²) in [6.45, 7) is 5.76. The van der Waals surface area contributed by atoms with Crippen LogP contribution in [-0.2, 0) is 0 Å². The van der Waals surface area contributed by atoms with E-state index >= 15 is 0 Å². The first-order valence-corrected chi connectivity index (χ1v) is 9.58. The Bertz CT molecular complexity index is 244. The van der Waals surface area contributed by atoms with Crippen molar-refractivity contribution < 1.29 is 0 Å². The van der Waals surface area contributed by atoms with Gasteiger partial charge in [-0.3, -0.25) is 0 Å². The molecule has 0 aromatic rings. The molecule has 0 radical (unpaired) electrons. The van der Waals surface area contributed by atoms with Crippen molar-refractivity contribution in [2.75, 3.05) is 20.6 Å². The molecule has 1 aliphatic rings. The Morgan fingerprint density at radius 2 is 1.57 bits per heavy atom. The summed E-state index contributed by atoms with van der Waals surface area (Å²) >= 11 is 0. The van der Waals surface area contributed by atoms with Crippen LogP contribution in [0.1, 0.15) is 90.9 Å². The predicted octanol–water partition coefficient (Wildman–Crippen LogP) is 4.98. The van der Waals surface area contributed by atoms with Gasteiger partial charge in [0.15, 0.2) is 0 Å². The van der Waals surface area contributed by atoms with Crippen molar-refractivity contribution in [3.05, 3.63) is 0 Å². The molecule has 21 heavy (non-hydrogen) atoms. The van der Waals surface area contributed by atoms with Crippen LogP contribution < -0.4 is 5.32 Å². The van der Waals surface area contributed by atoms with Gasteiger partial charge in [-0.25, -0.2) is 0 Å². The van der Waals surface area contributed by atoms with Crippen molar-refractivity contribution in [2.24, 2.45) is 0 Å². The lowest BCUT2D eigenvalue weighted by Gasteiger charge is -2.49.